The van der Waals surface area contributed by atoms with Crippen LogP contribution in [0.2, 0.25) is 0 Å². The first-order chi connectivity index (χ1) is 16.3. The highest BCUT2D eigenvalue weighted by Crippen LogP contribution is 2.29. The van der Waals surface area contributed by atoms with E-state index in [1.165, 1.54) is 29.9 Å². The van der Waals surface area contributed by atoms with Gasteiger partial charge in [-0.15, -0.1) is 0 Å². The Morgan fingerprint density at radius 1 is 1.18 bits per heavy atom. The van der Waals surface area contributed by atoms with Gasteiger partial charge in [0.1, 0.15) is 16.4 Å². The van der Waals surface area contributed by atoms with E-state index in [0.717, 1.165) is 5.56 Å². The van der Waals surface area contributed by atoms with Crippen LogP contribution in [0.1, 0.15) is 31.4 Å². The topological polar surface area (TPSA) is 124 Å². The Balaban J connectivity index is 1.49. The largest absolute Gasteiger partial charge is 0.497 e. The normalized spacial score (nSPS) is 15.9. The molecule has 3 rings (SSSR count). The smallest absolute Gasteiger partial charge is 0.309 e. The Labute approximate surface area is 199 Å². The lowest BCUT2D eigenvalue weighted by Crippen LogP contribution is -2.41. The molecule has 0 bridgehead atoms. The van der Waals surface area contributed by atoms with Crippen LogP contribution in [0.3, 0.4) is 0 Å². The summed E-state index contributed by atoms with van der Waals surface area (Å²) in [6, 6.07) is 7.92. The number of sulfonamides is 1. The molecule has 0 radical (unpaired) electrons. The molecule has 1 aliphatic rings. The molecule has 1 unspecified atom stereocenters. The van der Waals surface area contributed by atoms with E-state index in [9.17, 15) is 18.0 Å². The average Bonchev–Trinajstić information content (AvgIpc) is 2.87. The van der Waals surface area contributed by atoms with Crippen molar-refractivity contribution < 1.29 is 32.2 Å². The van der Waals surface area contributed by atoms with Crippen LogP contribution in [-0.2, 0) is 24.3 Å². The van der Waals surface area contributed by atoms with Crippen LogP contribution in [0.15, 0.2) is 47.6 Å². The number of amides is 1. The van der Waals surface area contributed by atoms with Crippen molar-refractivity contribution in [1.29, 1.82) is 0 Å². The van der Waals surface area contributed by atoms with E-state index < -0.39 is 40.5 Å². The molecular weight excluding hydrogens is 462 g/mol. The Morgan fingerprint density at radius 3 is 2.53 bits per heavy atom. The summed E-state index contributed by atoms with van der Waals surface area (Å²) >= 11 is 0. The Kier molecular flexibility index (Phi) is 8.46. The van der Waals surface area contributed by atoms with Crippen LogP contribution >= 0.6 is 0 Å². The maximum atomic E-state index is 12.7. The van der Waals surface area contributed by atoms with Crippen molar-refractivity contribution in [3.05, 3.63) is 48.3 Å². The Morgan fingerprint density at radius 2 is 1.91 bits per heavy atom. The minimum Gasteiger partial charge on any atom is -0.497 e. The van der Waals surface area contributed by atoms with E-state index in [-0.39, 0.29) is 18.0 Å². The molecule has 2 aromatic rings. The molecule has 1 saturated heterocycles. The maximum absolute atomic E-state index is 12.7. The van der Waals surface area contributed by atoms with Gasteiger partial charge in [-0.25, -0.2) is 8.42 Å². The number of nitrogens with zero attached hydrogens (tertiary/aromatic N) is 2. The second kappa shape index (κ2) is 11.3. The zero-order valence-electron chi connectivity index (χ0n) is 19.4. The lowest BCUT2D eigenvalue weighted by atomic mass is 9.98. The van der Waals surface area contributed by atoms with E-state index in [2.05, 4.69) is 10.3 Å². The molecule has 34 heavy (non-hydrogen) atoms. The molecule has 10 nitrogen and oxygen atoms in total. The lowest BCUT2D eigenvalue weighted by Gasteiger charge is -2.30. The number of ether oxygens (including phenoxy) is 3. The number of pyridine rings is 1. The van der Waals surface area contributed by atoms with Crippen molar-refractivity contribution in [2.45, 2.75) is 30.7 Å². The third-order valence-corrected chi connectivity index (χ3v) is 7.57. The van der Waals surface area contributed by atoms with Gasteiger partial charge in [-0.3, -0.25) is 14.6 Å². The maximum Gasteiger partial charge on any atom is 0.309 e. The van der Waals surface area contributed by atoms with E-state index in [1.54, 1.807) is 38.3 Å². The van der Waals surface area contributed by atoms with Gasteiger partial charge in [0.25, 0.3) is 5.91 Å². The number of benzene rings is 1. The van der Waals surface area contributed by atoms with Gasteiger partial charge in [0.15, 0.2) is 6.61 Å². The van der Waals surface area contributed by atoms with Crippen LogP contribution in [0.4, 0.5) is 0 Å². The summed E-state index contributed by atoms with van der Waals surface area (Å²) < 4.78 is 42.5. The number of carbonyl (C=O) groups excluding carboxylic acids is 2. The fourth-order valence-corrected chi connectivity index (χ4v) is 5.21. The van der Waals surface area contributed by atoms with Crippen molar-refractivity contribution in [3.63, 3.8) is 0 Å². The lowest BCUT2D eigenvalue weighted by molar-refractivity contribution is -0.153. The molecule has 1 aromatic heterocycles. The summed E-state index contributed by atoms with van der Waals surface area (Å²) in [7, 11) is -0.567. The van der Waals surface area contributed by atoms with E-state index in [4.69, 9.17) is 14.2 Å². The minimum atomic E-state index is -3.65. The molecule has 2 heterocycles. The molecule has 1 N–H and O–H groups in total. The number of aromatic nitrogens is 1. The van der Waals surface area contributed by atoms with Gasteiger partial charge in [0.2, 0.25) is 10.0 Å². The monoisotopic (exact) mass is 491 g/mol. The number of piperidine rings is 1. The van der Waals surface area contributed by atoms with Crippen LogP contribution < -0.4 is 14.8 Å². The van der Waals surface area contributed by atoms with E-state index >= 15 is 0 Å². The molecule has 0 aliphatic carbocycles. The molecule has 0 saturated carbocycles. The first-order valence-corrected chi connectivity index (χ1v) is 12.3. The zero-order valence-corrected chi connectivity index (χ0v) is 20.2. The summed E-state index contributed by atoms with van der Waals surface area (Å²) in [5.41, 5.74) is 0.726. The fraction of sp³-hybridized carbons (Fsp3) is 0.435. The number of esters is 1. The summed E-state index contributed by atoms with van der Waals surface area (Å²) in [5, 5.41) is 2.78. The quantitative estimate of drug-likeness (QED) is 0.528. The van der Waals surface area contributed by atoms with Crippen LogP contribution in [0, 0.1) is 5.92 Å². The van der Waals surface area contributed by atoms with Crippen molar-refractivity contribution in [2.75, 3.05) is 33.9 Å². The number of methoxy groups -OCH3 is 2. The Hall–Kier alpha value is -3.18. The van der Waals surface area contributed by atoms with Gasteiger partial charge < -0.3 is 19.5 Å². The molecule has 1 aliphatic heterocycles. The van der Waals surface area contributed by atoms with Gasteiger partial charge in [-0.1, -0.05) is 0 Å². The van der Waals surface area contributed by atoms with Crippen molar-refractivity contribution in [1.82, 2.24) is 14.6 Å². The van der Waals surface area contributed by atoms with Gasteiger partial charge in [-0.2, -0.15) is 4.31 Å². The highest BCUT2D eigenvalue weighted by Gasteiger charge is 2.33. The molecule has 1 fully saturated rings. The predicted octanol–water partition coefficient (Wildman–Crippen LogP) is 1.92. The van der Waals surface area contributed by atoms with Gasteiger partial charge in [0.05, 0.1) is 26.2 Å². The Bertz CT molecular complexity index is 1100. The average molecular weight is 492 g/mol. The van der Waals surface area contributed by atoms with Crippen LogP contribution in [0.5, 0.6) is 11.5 Å². The summed E-state index contributed by atoms with van der Waals surface area (Å²) in [5.74, 6) is -0.217. The molecule has 184 valence electrons. The molecule has 1 atom stereocenters. The van der Waals surface area contributed by atoms with Crippen molar-refractivity contribution >= 4 is 21.9 Å². The molecule has 1 amide bonds. The van der Waals surface area contributed by atoms with Crippen LogP contribution in [-0.4, -0.2) is 63.5 Å². The second-order valence-corrected chi connectivity index (χ2v) is 9.81. The van der Waals surface area contributed by atoms with Gasteiger partial charge in [0, 0.05) is 31.0 Å². The van der Waals surface area contributed by atoms with Crippen molar-refractivity contribution in [3.8, 4) is 11.5 Å². The van der Waals surface area contributed by atoms with Gasteiger partial charge >= 0.3 is 5.97 Å². The third kappa shape index (κ3) is 6.03. The van der Waals surface area contributed by atoms with E-state index in [1.807, 2.05) is 0 Å². The highest BCUT2D eigenvalue weighted by molar-refractivity contribution is 7.89. The number of carbonyl (C=O) groups is 2. The van der Waals surface area contributed by atoms with Crippen molar-refractivity contribution in [2.24, 2.45) is 5.92 Å². The number of hydrogen-bond donors (Lipinski definition) is 1. The summed E-state index contributed by atoms with van der Waals surface area (Å²) in [6.45, 7) is 1.74. The number of rotatable bonds is 9. The van der Waals surface area contributed by atoms with Gasteiger partial charge in [-0.05, 0) is 50.1 Å². The standard InChI is InChI=1S/C23H29N3O7S/c1-16(20-13-18(31-2)6-7-21(20)32-3)25-22(27)15-33-23(28)17-8-11-26(12-9-17)34(29,30)19-5-4-10-24-14-19/h4-7,10,13-14,16-17H,8-9,11-12,15H2,1-3H3,(H,25,27). The zero-order chi connectivity index (χ0) is 24.7. The molecule has 1 aromatic carbocycles. The summed E-state index contributed by atoms with van der Waals surface area (Å²) in [4.78, 5) is 28.8. The highest BCUT2D eigenvalue weighted by atomic mass is 32.2. The summed E-state index contributed by atoms with van der Waals surface area (Å²) in [6.07, 6.45) is 3.44. The molecular formula is C23H29N3O7S. The molecule has 11 heteroatoms. The first-order valence-electron chi connectivity index (χ1n) is 10.8. The SMILES string of the molecule is COc1ccc(OC)c(C(C)NC(=O)COC(=O)C2CCN(S(=O)(=O)c3cccnc3)CC2)c1. The van der Waals surface area contributed by atoms with E-state index in [0.29, 0.717) is 24.3 Å². The van der Waals surface area contributed by atoms with Crippen LogP contribution in [0.25, 0.3) is 0 Å². The predicted molar refractivity (Wildman–Crippen MR) is 123 cm³/mol. The second-order valence-electron chi connectivity index (χ2n) is 7.87. The number of hydrogen-bond acceptors (Lipinski definition) is 8. The number of nitrogens with one attached hydrogen (secondary N) is 1. The minimum absolute atomic E-state index is 0.120. The third-order valence-electron chi connectivity index (χ3n) is 5.69. The first kappa shape index (κ1) is 25.4. The molecule has 0 spiro atoms. The fourth-order valence-electron chi connectivity index (χ4n) is 3.77.